The Kier molecular flexibility index (Phi) is 5.37. The van der Waals surface area contributed by atoms with Crippen LogP contribution in [0.3, 0.4) is 0 Å². The van der Waals surface area contributed by atoms with E-state index < -0.39 is 0 Å². The van der Waals surface area contributed by atoms with Crippen LogP contribution < -0.4 is 23.8 Å². The maximum atomic E-state index is 5.44. The van der Waals surface area contributed by atoms with Crippen molar-refractivity contribution in [3.63, 3.8) is 0 Å². The molecular formula is C21H23NO4. The smallest absolute Gasteiger partial charge is 0.162 e. The zero-order chi connectivity index (χ0) is 18.5. The molecule has 5 heteroatoms. The Morgan fingerprint density at radius 3 is 2.15 bits per heavy atom. The lowest BCUT2D eigenvalue weighted by Crippen LogP contribution is -2.19. The van der Waals surface area contributed by atoms with E-state index in [9.17, 15) is 0 Å². The van der Waals surface area contributed by atoms with Gasteiger partial charge < -0.3 is 23.8 Å². The quantitative estimate of drug-likeness (QED) is 0.777. The lowest BCUT2D eigenvalue weighted by Gasteiger charge is -2.26. The second-order valence-electron chi connectivity index (χ2n) is 5.75. The Morgan fingerprint density at radius 1 is 0.808 bits per heavy atom. The van der Waals surface area contributed by atoms with Crippen molar-refractivity contribution in [3.8, 4) is 23.0 Å². The third-order valence-electron chi connectivity index (χ3n) is 4.30. The molecule has 0 fully saturated rings. The Morgan fingerprint density at radius 2 is 1.46 bits per heavy atom. The van der Waals surface area contributed by atoms with Crippen molar-refractivity contribution in [3.05, 3.63) is 53.7 Å². The van der Waals surface area contributed by atoms with Crippen LogP contribution >= 0.6 is 0 Å². The summed E-state index contributed by atoms with van der Waals surface area (Å²) >= 11 is 0. The maximum Gasteiger partial charge on any atom is 0.162 e. The molecule has 2 aromatic rings. The van der Waals surface area contributed by atoms with E-state index in [4.69, 9.17) is 18.9 Å². The van der Waals surface area contributed by atoms with E-state index in [0.717, 1.165) is 29.1 Å². The fraction of sp³-hybridized carbons (Fsp3) is 0.238. The molecule has 0 unspecified atom stereocenters. The first-order valence-electron chi connectivity index (χ1n) is 8.29. The third-order valence-corrected chi connectivity index (χ3v) is 4.30. The minimum Gasteiger partial charge on any atom is -0.493 e. The molecule has 1 aliphatic heterocycles. The molecule has 2 aromatic carbocycles. The highest BCUT2D eigenvalue weighted by atomic mass is 16.5. The lowest BCUT2D eigenvalue weighted by atomic mass is 10.1. The predicted octanol–water partition coefficient (Wildman–Crippen LogP) is 4.23. The number of nitrogens with zero attached hydrogens (tertiary/aromatic N) is 1. The van der Waals surface area contributed by atoms with Gasteiger partial charge in [0, 0.05) is 24.4 Å². The summed E-state index contributed by atoms with van der Waals surface area (Å²) < 4.78 is 21.5. The molecule has 0 saturated carbocycles. The Bertz CT molecular complexity index is 842. The van der Waals surface area contributed by atoms with Gasteiger partial charge in [-0.05, 0) is 29.8 Å². The third kappa shape index (κ3) is 3.47. The van der Waals surface area contributed by atoms with Gasteiger partial charge >= 0.3 is 0 Å². The number of anilines is 1. The summed E-state index contributed by atoms with van der Waals surface area (Å²) in [7, 11) is 6.56. The highest BCUT2D eigenvalue weighted by Crippen LogP contribution is 2.37. The van der Waals surface area contributed by atoms with Gasteiger partial charge in [0.15, 0.2) is 23.0 Å². The topological polar surface area (TPSA) is 40.2 Å². The fourth-order valence-corrected chi connectivity index (χ4v) is 2.93. The van der Waals surface area contributed by atoms with E-state index in [1.165, 1.54) is 0 Å². The zero-order valence-corrected chi connectivity index (χ0v) is 15.5. The number of hydrogen-bond donors (Lipinski definition) is 0. The molecule has 136 valence electrons. The molecule has 5 nitrogen and oxygen atoms in total. The number of benzene rings is 2. The minimum atomic E-state index is 0.708. The van der Waals surface area contributed by atoms with Gasteiger partial charge in [-0.1, -0.05) is 18.2 Å². The summed E-state index contributed by atoms with van der Waals surface area (Å²) in [5, 5.41) is 0. The summed E-state index contributed by atoms with van der Waals surface area (Å²) in [6, 6.07) is 9.83. The number of rotatable bonds is 6. The van der Waals surface area contributed by atoms with Crippen molar-refractivity contribution in [1.29, 1.82) is 0 Å². The first kappa shape index (κ1) is 17.7. The highest BCUT2D eigenvalue weighted by Gasteiger charge is 2.16. The van der Waals surface area contributed by atoms with Gasteiger partial charge in [0.25, 0.3) is 0 Å². The standard InChI is InChI=1S/C21H23NO4/c1-23-18-8-7-15(12-19(18)24-2)9-11-22-10-5-6-16-13-20(25-3)21(26-4)14-17(16)22/h5-9,11-14H,10H2,1-4H3. The molecule has 0 bridgehead atoms. The molecule has 0 radical (unpaired) electrons. The summed E-state index contributed by atoms with van der Waals surface area (Å²) in [6.45, 7) is 0.784. The molecule has 0 amide bonds. The zero-order valence-electron chi connectivity index (χ0n) is 15.5. The summed E-state index contributed by atoms with van der Waals surface area (Å²) in [6.07, 6.45) is 8.31. The normalized spacial score (nSPS) is 12.8. The van der Waals surface area contributed by atoms with E-state index in [0.29, 0.717) is 17.2 Å². The monoisotopic (exact) mass is 353 g/mol. The number of hydrogen-bond acceptors (Lipinski definition) is 5. The predicted molar refractivity (Wildman–Crippen MR) is 105 cm³/mol. The molecular weight excluding hydrogens is 330 g/mol. The van der Waals surface area contributed by atoms with Crippen molar-refractivity contribution in [2.75, 3.05) is 39.9 Å². The highest BCUT2D eigenvalue weighted by molar-refractivity contribution is 5.77. The second-order valence-corrected chi connectivity index (χ2v) is 5.75. The number of methoxy groups -OCH3 is 4. The molecule has 0 saturated heterocycles. The van der Waals surface area contributed by atoms with E-state index in [1.54, 1.807) is 28.4 Å². The van der Waals surface area contributed by atoms with Gasteiger partial charge in [0.2, 0.25) is 0 Å². The molecule has 0 spiro atoms. The van der Waals surface area contributed by atoms with Crippen molar-refractivity contribution >= 4 is 17.8 Å². The number of fused-ring (bicyclic) bond motifs is 1. The van der Waals surface area contributed by atoms with E-state index >= 15 is 0 Å². The van der Waals surface area contributed by atoms with Crippen LogP contribution in [0.5, 0.6) is 23.0 Å². The van der Waals surface area contributed by atoms with Crippen LogP contribution in [0.1, 0.15) is 11.1 Å². The van der Waals surface area contributed by atoms with Gasteiger partial charge in [-0.15, -0.1) is 0 Å². The molecule has 26 heavy (non-hydrogen) atoms. The average Bonchev–Trinajstić information content (AvgIpc) is 2.70. The molecule has 1 heterocycles. The largest absolute Gasteiger partial charge is 0.493 e. The van der Waals surface area contributed by atoms with E-state index in [2.05, 4.69) is 23.3 Å². The molecule has 0 aromatic heterocycles. The van der Waals surface area contributed by atoms with Crippen LogP contribution in [-0.4, -0.2) is 35.0 Å². The van der Waals surface area contributed by atoms with Crippen molar-refractivity contribution in [2.24, 2.45) is 0 Å². The molecule has 0 atom stereocenters. The number of ether oxygens (including phenoxy) is 4. The van der Waals surface area contributed by atoms with Crippen molar-refractivity contribution in [2.45, 2.75) is 0 Å². The second kappa shape index (κ2) is 7.87. The first-order valence-corrected chi connectivity index (χ1v) is 8.29. The van der Waals surface area contributed by atoms with Crippen LogP contribution in [0.15, 0.2) is 42.6 Å². The Labute approximate surface area is 154 Å². The van der Waals surface area contributed by atoms with Crippen LogP contribution in [0.25, 0.3) is 12.2 Å². The molecule has 1 aliphatic rings. The Hall–Kier alpha value is -3.08. The van der Waals surface area contributed by atoms with Crippen molar-refractivity contribution in [1.82, 2.24) is 0 Å². The molecule has 0 N–H and O–H groups in total. The average molecular weight is 353 g/mol. The van der Waals surface area contributed by atoms with Crippen LogP contribution in [0.4, 0.5) is 5.69 Å². The van der Waals surface area contributed by atoms with Gasteiger partial charge in [-0.25, -0.2) is 0 Å². The molecule has 3 rings (SSSR count). The van der Waals surface area contributed by atoms with Gasteiger partial charge in [-0.2, -0.15) is 0 Å². The van der Waals surface area contributed by atoms with Crippen LogP contribution in [-0.2, 0) is 0 Å². The van der Waals surface area contributed by atoms with Crippen LogP contribution in [0.2, 0.25) is 0 Å². The first-order chi connectivity index (χ1) is 12.7. The molecule has 0 aliphatic carbocycles. The van der Waals surface area contributed by atoms with Gasteiger partial charge in [0.05, 0.1) is 34.1 Å². The van der Waals surface area contributed by atoms with E-state index in [1.807, 2.05) is 36.4 Å². The fourth-order valence-electron chi connectivity index (χ4n) is 2.93. The SMILES string of the molecule is COc1ccc(C=CN2CC=Cc3cc(OC)c(OC)cc32)cc1OC. The van der Waals surface area contributed by atoms with Crippen LogP contribution in [0, 0.1) is 0 Å². The summed E-state index contributed by atoms with van der Waals surface area (Å²) in [5.74, 6) is 2.86. The Balaban J connectivity index is 1.90. The summed E-state index contributed by atoms with van der Waals surface area (Å²) in [4.78, 5) is 2.16. The van der Waals surface area contributed by atoms with Gasteiger partial charge in [0.1, 0.15) is 0 Å². The minimum absolute atomic E-state index is 0.708. The van der Waals surface area contributed by atoms with E-state index in [-0.39, 0.29) is 0 Å². The lowest BCUT2D eigenvalue weighted by molar-refractivity contribution is 0.355. The van der Waals surface area contributed by atoms with Gasteiger partial charge in [-0.3, -0.25) is 0 Å². The van der Waals surface area contributed by atoms with Crippen molar-refractivity contribution < 1.29 is 18.9 Å². The summed E-state index contributed by atoms with van der Waals surface area (Å²) in [5.41, 5.74) is 3.19. The maximum absolute atomic E-state index is 5.44.